The Morgan fingerprint density at radius 1 is 1.60 bits per heavy atom. The van der Waals surface area contributed by atoms with Crippen LogP contribution in [0, 0.1) is 0 Å². The molecule has 1 amide bonds. The first-order valence-corrected chi connectivity index (χ1v) is 6.75. The van der Waals surface area contributed by atoms with E-state index in [1.807, 2.05) is 19.3 Å². The third-order valence-corrected chi connectivity index (χ3v) is 3.47. The van der Waals surface area contributed by atoms with Crippen LogP contribution >= 0.6 is 0 Å². The number of carbonyl (C=O) groups is 1. The maximum absolute atomic E-state index is 12.0. The van der Waals surface area contributed by atoms with E-state index >= 15 is 0 Å². The lowest BCUT2D eigenvalue weighted by atomic mass is 10.2. The molecular formula is C13H18N6O. The van der Waals surface area contributed by atoms with Crippen molar-refractivity contribution < 1.29 is 4.79 Å². The van der Waals surface area contributed by atoms with Crippen LogP contribution in [0.2, 0.25) is 0 Å². The second kappa shape index (κ2) is 4.99. The minimum atomic E-state index is -0.235. The van der Waals surface area contributed by atoms with Gasteiger partial charge in [0.15, 0.2) is 5.69 Å². The van der Waals surface area contributed by atoms with E-state index in [1.54, 1.807) is 4.68 Å². The highest BCUT2D eigenvalue weighted by molar-refractivity contribution is 5.97. The molecule has 2 aromatic rings. The van der Waals surface area contributed by atoms with E-state index in [4.69, 9.17) is 5.73 Å². The van der Waals surface area contributed by atoms with Gasteiger partial charge in [0.1, 0.15) is 0 Å². The van der Waals surface area contributed by atoms with Gasteiger partial charge in [0.2, 0.25) is 0 Å². The van der Waals surface area contributed by atoms with E-state index in [9.17, 15) is 4.79 Å². The zero-order valence-corrected chi connectivity index (χ0v) is 11.4. The Morgan fingerprint density at radius 2 is 2.40 bits per heavy atom. The van der Waals surface area contributed by atoms with E-state index in [0.29, 0.717) is 30.3 Å². The molecule has 106 valence electrons. The van der Waals surface area contributed by atoms with Crippen molar-refractivity contribution >= 4 is 11.6 Å². The number of hydrogen-bond donors (Lipinski definition) is 3. The van der Waals surface area contributed by atoms with Crippen molar-refractivity contribution in [3.05, 3.63) is 29.3 Å². The van der Waals surface area contributed by atoms with Crippen molar-refractivity contribution in [1.82, 2.24) is 25.3 Å². The van der Waals surface area contributed by atoms with E-state index in [0.717, 1.165) is 24.2 Å². The highest BCUT2D eigenvalue weighted by Crippen LogP contribution is 2.42. The SMILES string of the molecule is Cn1ccc(CCNC(=O)c2n[nH]c(C3CC3)c2N)n1. The maximum Gasteiger partial charge on any atom is 0.273 e. The van der Waals surface area contributed by atoms with Crippen LogP contribution in [0.4, 0.5) is 5.69 Å². The Labute approximate surface area is 116 Å². The second-order valence-corrected chi connectivity index (χ2v) is 5.16. The molecule has 2 aromatic heterocycles. The summed E-state index contributed by atoms with van der Waals surface area (Å²) in [6.45, 7) is 0.515. The predicted octanol–water partition coefficient (Wildman–Crippen LogP) is 0.575. The van der Waals surface area contributed by atoms with Gasteiger partial charge in [0.25, 0.3) is 5.91 Å². The van der Waals surface area contributed by atoms with E-state index in [1.165, 1.54) is 0 Å². The Balaban J connectivity index is 1.56. The molecular weight excluding hydrogens is 256 g/mol. The Kier molecular flexibility index (Phi) is 3.17. The average Bonchev–Trinajstić information content (AvgIpc) is 3.07. The van der Waals surface area contributed by atoms with Crippen LogP contribution in [-0.4, -0.2) is 32.4 Å². The molecule has 20 heavy (non-hydrogen) atoms. The summed E-state index contributed by atoms with van der Waals surface area (Å²) in [7, 11) is 1.87. The predicted molar refractivity (Wildman–Crippen MR) is 74.2 cm³/mol. The van der Waals surface area contributed by atoms with Crippen molar-refractivity contribution in [1.29, 1.82) is 0 Å². The second-order valence-electron chi connectivity index (χ2n) is 5.16. The average molecular weight is 274 g/mol. The summed E-state index contributed by atoms with van der Waals surface area (Å²) in [5.74, 6) is 0.221. The molecule has 1 fully saturated rings. The molecule has 0 radical (unpaired) electrons. The standard InChI is InChI=1S/C13H18N6O/c1-19-7-5-9(18-19)4-6-15-13(20)12-10(14)11(16-17-12)8-2-3-8/h5,7-8H,2-4,6,14H2,1H3,(H,15,20)(H,16,17). The lowest BCUT2D eigenvalue weighted by molar-refractivity contribution is 0.0950. The number of aromatic nitrogens is 4. The number of rotatable bonds is 5. The van der Waals surface area contributed by atoms with Gasteiger partial charge in [0, 0.05) is 32.1 Å². The molecule has 0 aliphatic heterocycles. The summed E-state index contributed by atoms with van der Waals surface area (Å²) in [4.78, 5) is 12.0. The summed E-state index contributed by atoms with van der Waals surface area (Å²) in [5, 5.41) is 14.0. The van der Waals surface area contributed by atoms with Gasteiger partial charge < -0.3 is 11.1 Å². The first kappa shape index (κ1) is 12.7. The Hall–Kier alpha value is -2.31. The van der Waals surface area contributed by atoms with Crippen LogP contribution in [-0.2, 0) is 13.5 Å². The van der Waals surface area contributed by atoms with E-state index < -0.39 is 0 Å². The Bertz CT molecular complexity index is 625. The first-order chi connectivity index (χ1) is 9.65. The topological polar surface area (TPSA) is 102 Å². The zero-order valence-electron chi connectivity index (χ0n) is 11.4. The summed E-state index contributed by atoms with van der Waals surface area (Å²) < 4.78 is 1.74. The van der Waals surface area contributed by atoms with E-state index in [2.05, 4.69) is 20.6 Å². The number of hydrogen-bond acceptors (Lipinski definition) is 4. The number of nitrogens with zero attached hydrogens (tertiary/aromatic N) is 3. The number of nitrogen functional groups attached to an aromatic ring is 1. The van der Waals surface area contributed by atoms with Gasteiger partial charge in [-0.3, -0.25) is 14.6 Å². The smallest absolute Gasteiger partial charge is 0.273 e. The highest BCUT2D eigenvalue weighted by Gasteiger charge is 2.30. The quantitative estimate of drug-likeness (QED) is 0.742. The largest absolute Gasteiger partial charge is 0.395 e. The van der Waals surface area contributed by atoms with Crippen LogP contribution in [0.5, 0.6) is 0 Å². The molecule has 7 heteroatoms. The molecule has 1 saturated carbocycles. The lowest BCUT2D eigenvalue weighted by Gasteiger charge is -2.02. The zero-order chi connectivity index (χ0) is 14.1. The van der Waals surface area contributed by atoms with Crippen molar-refractivity contribution in [3.63, 3.8) is 0 Å². The number of carbonyl (C=O) groups excluding carboxylic acids is 1. The molecule has 0 spiro atoms. The molecule has 4 N–H and O–H groups in total. The number of nitrogens with two attached hydrogens (primary N) is 1. The van der Waals surface area contributed by atoms with Crippen LogP contribution < -0.4 is 11.1 Å². The van der Waals surface area contributed by atoms with Crippen LogP contribution in [0.1, 0.15) is 40.6 Å². The summed E-state index contributed by atoms with van der Waals surface area (Å²) in [5.41, 5.74) is 8.60. The molecule has 0 unspecified atom stereocenters. The van der Waals surface area contributed by atoms with Crippen molar-refractivity contribution in [2.24, 2.45) is 7.05 Å². The number of aromatic amines is 1. The number of nitrogens with one attached hydrogen (secondary N) is 2. The van der Waals surface area contributed by atoms with Gasteiger partial charge in [-0.05, 0) is 18.9 Å². The molecule has 2 heterocycles. The first-order valence-electron chi connectivity index (χ1n) is 6.75. The molecule has 0 atom stereocenters. The van der Waals surface area contributed by atoms with Crippen molar-refractivity contribution in [2.75, 3.05) is 12.3 Å². The molecule has 0 bridgehead atoms. The van der Waals surface area contributed by atoms with Crippen LogP contribution in [0.25, 0.3) is 0 Å². The third-order valence-electron chi connectivity index (χ3n) is 3.47. The van der Waals surface area contributed by atoms with Crippen molar-refractivity contribution in [2.45, 2.75) is 25.2 Å². The molecule has 1 aliphatic carbocycles. The molecule has 0 aromatic carbocycles. The summed E-state index contributed by atoms with van der Waals surface area (Å²) >= 11 is 0. The summed E-state index contributed by atoms with van der Waals surface area (Å²) in [6, 6.07) is 1.93. The molecule has 3 rings (SSSR count). The molecule has 1 aliphatic rings. The number of aryl methyl sites for hydroxylation is 1. The minimum Gasteiger partial charge on any atom is -0.395 e. The van der Waals surface area contributed by atoms with E-state index in [-0.39, 0.29) is 5.91 Å². The monoisotopic (exact) mass is 274 g/mol. The fourth-order valence-electron chi connectivity index (χ4n) is 2.20. The fraction of sp³-hybridized carbons (Fsp3) is 0.462. The number of anilines is 1. The maximum atomic E-state index is 12.0. The highest BCUT2D eigenvalue weighted by atomic mass is 16.1. The van der Waals surface area contributed by atoms with Gasteiger partial charge in [0.05, 0.1) is 17.1 Å². The van der Waals surface area contributed by atoms with Gasteiger partial charge in [-0.1, -0.05) is 0 Å². The summed E-state index contributed by atoms with van der Waals surface area (Å²) in [6.07, 6.45) is 4.80. The van der Waals surface area contributed by atoms with Gasteiger partial charge in [-0.2, -0.15) is 10.2 Å². The Morgan fingerprint density at radius 3 is 3.05 bits per heavy atom. The molecule has 0 saturated heterocycles. The number of amides is 1. The van der Waals surface area contributed by atoms with Crippen LogP contribution in [0.15, 0.2) is 12.3 Å². The third kappa shape index (κ3) is 2.52. The van der Waals surface area contributed by atoms with Gasteiger partial charge in [-0.25, -0.2) is 0 Å². The number of H-pyrrole nitrogens is 1. The van der Waals surface area contributed by atoms with Gasteiger partial charge in [-0.15, -0.1) is 0 Å². The lowest BCUT2D eigenvalue weighted by Crippen LogP contribution is -2.27. The fourth-order valence-corrected chi connectivity index (χ4v) is 2.20. The minimum absolute atomic E-state index is 0.235. The normalized spacial score (nSPS) is 14.4. The molecule has 7 nitrogen and oxygen atoms in total. The van der Waals surface area contributed by atoms with Crippen molar-refractivity contribution in [3.8, 4) is 0 Å². The van der Waals surface area contributed by atoms with Gasteiger partial charge >= 0.3 is 0 Å². The van der Waals surface area contributed by atoms with Crippen LogP contribution in [0.3, 0.4) is 0 Å².